The minimum absolute atomic E-state index is 0.0337. The van der Waals surface area contributed by atoms with Crippen LogP contribution in [0.15, 0.2) is 12.1 Å². The molecule has 0 fully saturated rings. The molecule has 1 unspecified atom stereocenters. The number of nitrogens with zero attached hydrogens (tertiary/aromatic N) is 1. The second-order valence-electron chi connectivity index (χ2n) is 3.28. The number of aromatic hydroxyl groups is 1. The third kappa shape index (κ3) is 2.72. The molecular weight excluding hydrogens is 249 g/mol. The second kappa shape index (κ2) is 5.41. The normalized spacial score (nSPS) is 11.9. The fourth-order valence-corrected chi connectivity index (χ4v) is 1.27. The maximum absolute atomic E-state index is 13.2. The number of rotatable bonds is 4. The van der Waals surface area contributed by atoms with Gasteiger partial charge in [0.15, 0.2) is 17.7 Å². The van der Waals surface area contributed by atoms with E-state index in [0.29, 0.717) is 12.1 Å². The van der Waals surface area contributed by atoms with Crippen molar-refractivity contribution in [1.82, 2.24) is 0 Å². The number of hydrogen-bond donors (Lipinski definition) is 2. The van der Waals surface area contributed by atoms with E-state index in [0.717, 1.165) is 0 Å². The van der Waals surface area contributed by atoms with Crippen molar-refractivity contribution in [3.63, 3.8) is 0 Å². The Morgan fingerprint density at radius 2 is 2.22 bits per heavy atom. The largest absolute Gasteiger partial charge is 0.505 e. The van der Waals surface area contributed by atoms with Crippen molar-refractivity contribution in [3.05, 3.63) is 33.6 Å². The molecule has 1 aromatic rings. The summed E-state index contributed by atoms with van der Waals surface area (Å²) in [6, 6.07) is 1.19. The highest BCUT2D eigenvalue weighted by molar-refractivity contribution is 5.77. The van der Waals surface area contributed by atoms with Crippen LogP contribution in [-0.4, -0.2) is 27.7 Å². The summed E-state index contributed by atoms with van der Waals surface area (Å²) in [7, 11) is 0. The molecular formula is C10H10FNO6. The van der Waals surface area contributed by atoms with Gasteiger partial charge in [0.05, 0.1) is 17.6 Å². The smallest absolute Gasteiger partial charge is 0.339 e. The number of halogens is 1. The first kappa shape index (κ1) is 13.8. The number of carbonyl (C=O) groups excluding carboxylic acids is 1. The summed E-state index contributed by atoms with van der Waals surface area (Å²) in [5.41, 5.74) is -1.30. The van der Waals surface area contributed by atoms with Crippen LogP contribution in [0.3, 0.4) is 0 Å². The molecule has 7 nitrogen and oxygen atoms in total. The topological polar surface area (TPSA) is 110 Å². The molecule has 8 heteroatoms. The van der Waals surface area contributed by atoms with Gasteiger partial charge < -0.3 is 14.9 Å². The predicted molar refractivity (Wildman–Crippen MR) is 56.3 cm³/mol. The lowest BCUT2D eigenvalue weighted by atomic mass is 10.1. The van der Waals surface area contributed by atoms with Crippen LogP contribution in [-0.2, 0) is 9.53 Å². The summed E-state index contributed by atoms with van der Waals surface area (Å²) in [5.74, 6) is -3.46. The number of hydrogen-bond acceptors (Lipinski definition) is 6. The van der Waals surface area contributed by atoms with Gasteiger partial charge in [-0.2, -0.15) is 0 Å². The average Bonchev–Trinajstić information content (AvgIpc) is 2.31. The maximum atomic E-state index is 13.2. The van der Waals surface area contributed by atoms with E-state index >= 15 is 0 Å². The van der Waals surface area contributed by atoms with Gasteiger partial charge in [-0.25, -0.2) is 9.18 Å². The van der Waals surface area contributed by atoms with Crippen LogP contribution in [0.1, 0.15) is 18.6 Å². The van der Waals surface area contributed by atoms with E-state index < -0.39 is 39.8 Å². The SMILES string of the molecule is CCOC(=O)C(O)c1cc([N+](=O)[O-])cc(F)c1O. The van der Waals surface area contributed by atoms with Crippen LogP contribution in [0.2, 0.25) is 0 Å². The van der Waals surface area contributed by atoms with Crippen molar-refractivity contribution < 1.29 is 29.1 Å². The van der Waals surface area contributed by atoms with E-state index in [9.17, 15) is 29.5 Å². The van der Waals surface area contributed by atoms with E-state index in [1.807, 2.05) is 0 Å². The minimum Gasteiger partial charge on any atom is -0.505 e. The lowest BCUT2D eigenvalue weighted by Gasteiger charge is -2.11. The number of phenols is 1. The molecule has 0 heterocycles. The van der Waals surface area contributed by atoms with Crippen LogP contribution in [0, 0.1) is 15.9 Å². The van der Waals surface area contributed by atoms with Crippen LogP contribution < -0.4 is 0 Å². The monoisotopic (exact) mass is 259 g/mol. The molecule has 1 aromatic carbocycles. The highest BCUT2D eigenvalue weighted by Crippen LogP contribution is 2.32. The van der Waals surface area contributed by atoms with Gasteiger partial charge in [-0.05, 0) is 6.92 Å². The van der Waals surface area contributed by atoms with E-state index in [2.05, 4.69) is 4.74 Å². The quantitative estimate of drug-likeness (QED) is 0.475. The van der Waals surface area contributed by atoms with E-state index in [1.165, 1.54) is 6.92 Å². The Bertz CT molecular complexity index is 490. The third-order valence-corrected chi connectivity index (χ3v) is 2.09. The van der Waals surface area contributed by atoms with Crippen molar-refractivity contribution in [1.29, 1.82) is 0 Å². The van der Waals surface area contributed by atoms with Crippen LogP contribution >= 0.6 is 0 Å². The number of aliphatic hydroxyl groups is 1. The molecule has 98 valence electrons. The van der Waals surface area contributed by atoms with Gasteiger partial charge in [-0.3, -0.25) is 10.1 Å². The Balaban J connectivity index is 3.22. The number of ether oxygens (including phenoxy) is 1. The standard InChI is InChI=1S/C10H10FNO6/c1-2-18-10(15)9(14)6-3-5(12(16)17)4-7(11)8(6)13/h3-4,9,13-14H,2H2,1H3. The highest BCUT2D eigenvalue weighted by atomic mass is 19.1. The fourth-order valence-electron chi connectivity index (χ4n) is 1.27. The van der Waals surface area contributed by atoms with E-state index in [-0.39, 0.29) is 6.61 Å². The molecule has 0 aromatic heterocycles. The summed E-state index contributed by atoms with van der Waals surface area (Å²) in [4.78, 5) is 20.8. The molecule has 0 saturated carbocycles. The molecule has 0 aliphatic rings. The zero-order valence-electron chi connectivity index (χ0n) is 9.29. The number of nitro groups is 1. The first-order valence-corrected chi connectivity index (χ1v) is 4.90. The molecule has 0 saturated heterocycles. The van der Waals surface area contributed by atoms with Crippen molar-refractivity contribution in [3.8, 4) is 5.75 Å². The Morgan fingerprint density at radius 3 is 2.72 bits per heavy atom. The molecule has 2 N–H and O–H groups in total. The van der Waals surface area contributed by atoms with Crippen LogP contribution in [0.5, 0.6) is 5.75 Å². The highest BCUT2D eigenvalue weighted by Gasteiger charge is 2.27. The number of phenolic OH excluding ortho intramolecular Hbond substituents is 1. The predicted octanol–water partition coefficient (Wildman–Crippen LogP) is 1.04. The summed E-state index contributed by atoms with van der Waals surface area (Å²) in [6.07, 6.45) is -1.99. The Labute approximate surface area is 101 Å². The van der Waals surface area contributed by atoms with Crippen molar-refractivity contribution >= 4 is 11.7 Å². The Morgan fingerprint density at radius 1 is 1.61 bits per heavy atom. The number of nitro benzene ring substituents is 1. The van der Waals surface area contributed by atoms with E-state index in [1.54, 1.807) is 0 Å². The number of esters is 1. The van der Waals surface area contributed by atoms with Crippen molar-refractivity contribution in [2.24, 2.45) is 0 Å². The second-order valence-corrected chi connectivity index (χ2v) is 3.28. The zero-order valence-corrected chi connectivity index (χ0v) is 9.29. The fraction of sp³-hybridized carbons (Fsp3) is 0.300. The lowest BCUT2D eigenvalue weighted by Crippen LogP contribution is -2.16. The summed E-state index contributed by atoms with van der Waals surface area (Å²) >= 11 is 0. The summed E-state index contributed by atoms with van der Waals surface area (Å²) in [5, 5.41) is 29.3. The lowest BCUT2D eigenvalue weighted by molar-refractivity contribution is -0.385. The first-order valence-electron chi connectivity index (χ1n) is 4.90. The molecule has 0 aliphatic heterocycles. The third-order valence-electron chi connectivity index (χ3n) is 2.09. The molecule has 1 atom stereocenters. The molecule has 0 amide bonds. The number of non-ortho nitro benzene ring substituents is 1. The van der Waals surface area contributed by atoms with Crippen molar-refractivity contribution in [2.45, 2.75) is 13.0 Å². The van der Waals surface area contributed by atoms with E-state index in [4.69, 9.17) is 0 Å². The van der Waals surface area contributed by atoms with Gasteiger partial charge >= 0.3 is 5.97 Å². The van der Waals surface area contributed by atoms with Gasteiger partial charge in [0.25, 0.3) is 5.69 Å². The number of aliphatic hydroxyl groups excluding tert-OH is 1. The first-order chi connectivity index (χ1) is 8.38. The minimum atomic E-state index is -1.99. The molecule has 0 aliphatic carbocycles. The summed E-state index contributed by atoms with van der Waals surface area (Å²) < 4.78 is 17.7. The number of carbonyl (C=O) groups is 1. The average molecular weight is 259 g/mol. The van der Waals surface area contributed by atoms with Gasteiger partial charge in [-0.1, -0.05) is 0 Å². The molecule has 18 heavy (non-hydrogen) atoms. The molecule has 0 bridgehead atoms. The van der Waals surface area contributed by atoms with Gasteiger partial charge in [-0.15, -0.1) is 0 Å². The van der Waals surface area contributed by atoms with Gasteiger partial charge in [0.1, 0.15) is 0 Å². The maximum Gasteiger partial charge on any atom is 0.339 e. The van der Waals surface area contributed by atoms with Crippen LogP contribution in [0.4, 0.5) is 10.1 Å². The van der Waals surface area contributed by atoms with Gasteiger partial charge in [0, 0.05) is 11.6 Å². The van der Waals surface area contributed by atoms with Crippen molar-refractivity contribution in [2.75, 3.05) is 6.61 Å². The Kier molecular flexibility index (Phi) is 4.16. The molecule has 1 rings (SSSR count). The Hall–Kier alpha value is -2.22. The molecule has 0 spiro atoms. The summed E-state index contributed by atoms with van der Waals surface area (Å²) in [6.45, 7) is 1.45. The van der Waals surface area contributed by atoms with Gasteiger partial charge in [0.2, 0.25) is 0 Å². The zero-order chi connectivity index (χ0) is 13.9. The van der Waals surface area contributed by atoms with Crippen LogP contribution in [0.25, 0.3) is 0 Å². The molecule has 0 radical (unpaired) electrons. The number of benzene rings is 1.